The molecule has 19 heavy (non-hydrogen) atoms. The van der Waals surface area contributed by atoms with Gasteiger partial charge in [-0.25, -0.2) is 8.78 Å². The molecule has 0 fully saturated rings. The quantitative estimate of drug-likeness (QED) is 0.706. The fraction of sp³-hybridized carbons (Fsp3) is 0.462. The van der Waals surface area contributed by atoms with Crippen LogP contribution in [-0.2, 0) is 4.79 Å². The average molecular weight is 272 g/mol. The minimum atomic E-state index is -3.05. The van der Waals surface area contributed by atoms with Crippen molar-refractivity contribution < 1.29 is 18.3 Å². The summed E-state index contributed by atoms with van der Waals surface area (Å²) < 4.78 is 30.9. The molecule has 0 bridgehead atoms. The Kier molecular flexibility index (Phi) is 6.21. The highest BCUT2D eigenvalue weighted by Gasteiger charge is 2.26. The molecule has 0 saturated heterocycles. The van der Waals surface area contributed by atoms with E-state index in [1.54, 1.807) is 0 Å². The Morgan fingerprint density at radius 3 is 2.63 bits per heavy atom. The number of amides is 1. The Morgan fingerprint density at radius 1 is 1.32 bits per heavy atom. The van der Waals surface area contributed by atoms with Crippen LogP contribution in [0.2, 0.25) is 0 Å². The third-order valence-electron chi connectivity index (χ3n) is 2.40. The van der Waals surface area contributed by atoms with Gasteiger partial charge in [-0.1, -0.05) is 18.2 Å². The van der Waals surface area contributed by atoms with Gasteiger partial charge in [-0.2, -0.15) is 0 Å². The van der Waals surface area contributed by atoms with Crippen LogP contribution >= 0.6 is 0 Å². The topological polar surface area (TPSA) is 64.3 Å². The van der Waals surface area contributed by atoms with Crippen molar-refractivity contribution in [3.05, 3.63) is 30.3 Å². The van der Waals surface area contributed by atoms with Crippen LogP contribution in [0, 0.1) is 0 Å². The maximum Gasteiger partial charge on any atom is 0.277 e. The number of benzene rings is 1. The average Bonchev–Trinajstić information content (AvgIpc) is 2.43. The van der Waals surface area contributed by atoms with E-state index in [0.29, 0.717) is 13.0 Å². The maximum absolute atomic E-state index is 12.8. The van der Waals surface area contributed by atoms with Crippen molar-refractivity contribution in [2.24, 2.45) is 5.73 Å². The summed E-state index contributed by atoms with van der Waals surface area (Å²) >= 11 is 0. The lowest BCUT2D eigenvalue weighted by Gasteiger charge is -2.14. The molecule has 106 valence electrons. The second-order valence-electron chi connectivity index (χ2n) is 4.10. The fourth-order valence-electron chi connectivity index (χ4n) is 1.33. The van der Waals surface area contributed by atoms with Crippen molar-refractivity contribution in [3.63, 3.8) is 0 Å². The SMILES string of the molecule is NCC(F)(F)CNC(=O)CCCOc1ccccc1. The van der Waals surface area contributed by atoms with Gasteiger partial charge in [0.2, 0.25) is 5.91 Å². The molecule has 4 nitrogen and oxygen atoms in total. The number of ether oxygens (including phenoxy) is 1. The van der Waals surface area contributed by atoms with Gasteiger partial charge in [0, 0.05) is 6.42 Å². The van der Waals surface area contributed by atoms with Gasteiger partial charge in [0.05, 0.1) is 19.7 Å². The lowest BCUT2D eigenvalue weighted by Crippen LogP contribution is -2.41. The van der Waals surface area contributed by atoms with Crippen LogP contribution in [0.25, 0.3) is 0 Å². The van der Waals surface area contributed by atoms with E-state index in [4.69, 9.17) is 10.5 Å². The van der Waals surface area contributed by atoms with Gasteiger partial charge < -0.3 is 15.8 Å². The Hall–Kier alpha value is -1.69. The number of hydrogen-bond donors (Lipinski definition) is 2. The summed E-state index contributed by atoms with van der Waals surface area (Å²) in [7, 11) is 0. The number of para-hydroxylation sites is 1. The van der Waals surface area contributed by atoms with Gasteiger partial charge in [0.25, 0.3) is 5.92 Å². The van der Waals surface area contributed by atoms with Crippen LogP contribution < -0.4 is 15.8 Å². The largest absolute Gasteiger partial charge is 0.494 e. The molecule has 0 aliphatic heterocycles. The standard InChI is InChI=1S/C13H18F2N2O2/c14-13(15,9-16)10-17-12(18)7-4-8-19-11-5-2-1-3-6-11/h1-3,5-6H,4,7-10,16H2,(H,17,18). The van der Waals surface area contributed by atoms with Gasteiger partial charge in [0.15, 0.2) is 0 Å². The monoisotopic (exact) mass is 272 g/mol. The number of carbonyl (C=O) groups is 1. The number of rotatable bonds is 8. The van der Waals surface area contributed by atoms with E-state index in [1.165, 1.54) is 0 Å². The molecule has 0 aliphatic rings. The van der Waals surface area contributed by atoms with Crippen LogP contribution in [-0.4, -0.2) is 31.5 Å². The van der Waals surface area contributed by atoms with E-state index in [0.717, 1.165) is 5.75 Å². The summed E-state index contributed by atoms with van der Waals surface area (Å²) in [6.45, 7) is -1.13. The van der Waals surface area contributed by atoms with Crippen molar-refractivity contribution >= 4 is 5.91 Å². The zero-order chi connectivity index (χ0) is 14.1. The van der Waals surface area contributed by atoms with Gasteiger partial charge >= 0.3 is 0 Å². The van der Waals surface area contributed by atoms with Crippen molar-refractivity contribution in [3.8, 4) is 5.75 Å². The second-order valence-corrected chi connectivity index (χ2v) is 4.10. The van der Waals surface area contributed by atoms with E-state index in [1.807, 2.05) is 30.3 Å². The van der Waals surface area contributed by atoms with Crippen molar-refractivity contribution in [2.75, 3.05) is 19.7 Å². The predicted molar refractivity (Wildman–Crippen MR) is 68.2 cm³/mol. The van der Waals surface area contributed by atoms with Crippen molar-refractivity contribution in [2.45, 2.75) is 18.8 Å². The van der Waals surface area contributed by atoms with Crippen LogP contribution in [0.1, 0.15) is 12.8 Å². The first-order chi connectivity index (χ1) is 9.03. The van der Waals surface area contributed by atoms with Gasteiger partial charge in [0.1, 0.15) is 5.75 Å². The molecule has 0 heterocycles. The van der Waals surface area contributed by atoms with E-state index in [-0.39, 0.29) is 6.42 Å². The molecule has 0 unspecified atom stereocenters. The minimum Gasteiger partial charge on any atom is -0.494 e. The summed E-state index contributed by atoms with van der Waals surface area (Å²) in [5.74, 6) is -2.75. The van der Waals surface area contributed by atoms with E-state index >= 15 is 0 Å². The van der Waals surface area contributed by atoms with Crippen LogP contribution in [0.4, 0.5) is 8.78 Å². The molecule has 1 aromatic carbocycles. The predicted octanol–water partition coefficient (Wildman–Crippen LogP) is 1.56. The number of carbonyl (C=O) groups excluding carboxylic acids is 1. The van der Waals surface area contributed by atoms with Gasteiger partial charge in [-0.05, 0) is 18.6 Å². The molecule has 0 aromatic heterocycles. The molecule has 0 spiro atoms. The molecule has 0 saturated carbocycles. The number of nitrogens with one attached hydrogen (secondary N) is 1. The molecular formula is C13H18F2N2O2. The summed E-state index contributed by atoms with van der Waals surface area (Å²) in [5, 5.41) is 2.15. The lowest BCUT2D eigenvalue weighted by atomic mass is 10.3. The summed E-state index contributed by atoms with van der Waals surface area (Å²) in [4.78, 5) is 11.3. The Bertz CT molecular complexity index is 385. The van der Waals surface area contributed by atoms with E-state index in [2.05, 4.69) is 5.32 Å². The summed E-state index contributed by atoms with van der Waals surface area (Å²) in [6.07, 6.45) is 0.614. The van der Waals surface area contributed by atoms with Crippen LogP contribution in [0.5, 0.6) is 5.75 Å². The summed E-state index contributed by atoms with van der Waals surface area (Å²) in [5.41, 5.74) is 4.86. The van der Waals surface area contributed by atoms with Crippen molar-refractivity contribution in [1.82, 2.24) is 5.32 Å². The molecule has 1 aromatic rings. The molecule has 0 aliphatic carbocycles. The highest BCUT2D eigenvalue weighted by Crippen LogP contribution is 2.10. The number of nitrogens with two attached hydrogens (primary N) is 1. The Balaban J connectivity index is 2.11. The molecular weight excluding hydrogens is 254 g/mol. The second kappa shape index (κ2) is 7.68. The first-order valence-corrected chi connectivity index (χ1v) is 6.06. The molecule has 1 amide bonds. The first kappa shape index (κ1) is 15.4. The zero-order valence-corrected chi connectivity index (χ0v) is 10.6. The zero-order valence-electron chi connectivity index (χ0n) is 10.6. The maximum atomic E-state index is 12.8. The third kappa shape index (κ3) is 6.71. The van der Waals surface area contributed by atoms with Gasteiger partial charge in [-0.3, -0.25) is 4.79 Å². The lowest BCUT2D eigenvalue weighted by molar-refractivity contribution is -0.123. The van der Waals surface area contributed by atoms with E-state index < -0.39 is 24.9 Å². The van der Waals surface area contributed by atoms with Gasteiger partial charge in [-0.15, -0.1) is 0 Å². The number of halogens is 2. The van der Waals surface area contributed by atoms with Crippen LogP contribution in [0.3, 0.4) is 0 Å². The van der Waals surface area contributed by atoms with E-state index in [9.17, 15) is 13.6 Å². The Morgan fingerprint density at radius 2 is 2.00 bits per heavy atom. The number of alkyl halides is 2. The molecule has 0 atom stereocenters. The molecule has 1 rings (SSSR count). The Labute approximate surface area is 110 Å². The molecule has 6 heteroatoms. The van der Waals surface area contributed by atoms with Crippen LogP contribution in [0.15, 0.2) is 30.3 Å². The molecule has 3 N–H and O–H groups in total. The smallest absolute Gasteiger partial charge is 0.277 e. The first-order valence-electron chi connectivity index (χ1n) is 6.06. The molecule has 0 radical (unpaired) electrons. The fourth-order valence-corrected chi connectivity index (χ4v) is 1.33. The normalized spacial score (nSPS) is 11.1. The van der Waals surface area contributed by atoms with Crippen molar-refractivity contribution in [1.29, 1.82) is 0 Å². The summed E-state index contributed by atoms with van der Waals surface area (Å²) in [6, 6.07) is 9.18. The minimum absolute atomic E-state index is 0.146. The highest BCUT2D eigenvalue weighted by atomic mass is 19.3. The third-order valence-corrected chi connectivity index (χ3v) is 2.40. The number of hydrogen-bond acceptors (Lipinski definition) is 3. The highest BCUT2D eigenvalue weighted by molar-refractivity contribution is 5.75.